The second kappa shape index (κ2) is 5.25. The van der Waals surface area contributed by atoms with E-state index in [-0.39, 0.29) is 23.2 Å². The van der Waals surface area contributed by atoms with Gasteiger partial charge >= 0.3 is 5.97 Å². The number of carbonyl (C=O) groups is 2. The van der Waals surface area contributed by atoms with Crippen molar-refractivity contribution in [3.63, 3.8) is 0 Å². The largest absolute Gasteiger partial charge is 0.478 e. The molecule has 0 aromatic heterocycles. The topological polar surface area (TPSA) is 66.8 Å². The molecule has 0 unspecified atom stereocenters. The summed E-state index contributed by atoms with van der Waals surface area (Å²) < 4.78 is 5.77. The molecule has 1 fully saturated rings. The molecule has 1 aromatic rings. The van der Waals surface area contributed by atoms with Crippen molar-refractivity contribution < 1.29 is 19.4 Å². The Hall–Kier alpha value is -1.88. The van der Waals surface area contributed by atoms with Crippen molar-refractivity contribution in [2.24, 2.45) is 0 Å². The van der Waals surface area contributed by atoms with Crippen LogP contribution in [0.4, 0.5) is 0 Å². The minimum Gasteiger partial charge on any atom is -0.478 e. The molecule has 1 saturated heterocycles. The lowest BCUT2D eigenvalue weighted by atomic mass is 10.0. The van der Waals surface area contributed by atoms with Crippen LogP contribution in [0.3, 0.4) is 0 Å². The van der Waals surface area contributed by atoms with Crippen molar-refractivity contribution in [1.29, 1.82) is 0 Å². The zero-order chi connectivity index (χ0) is 14.9. The first-order chi connectivity index (χ1) is 9.28. The number of carboxylic acids is 1. The fourth-order valence-corrected chi connectivity index (χ4v) is 2.55. The fraction of sp³-hybridized carbons (Fsp3) is 0.467. The third-order valence-corrected chi connectivity index (χ3v) is 3.24. The van der Waals surface area contributed by atoms with Crippen molar-refractivity contribution in [2.45, 2.75) is 32.5 Å². The molecule has 1 amide bonds. The summed E-state index contributed by atoms with van der Waals surface area (Å²) in [5.41, 5.74) is 0.311. The van der Waals surface area contributed by atoms with Crippen LogP contribution in [0.5, 0.6) is 0 Å². The van der Waals surface area contributed by atoms with Crippen LogP contribution in [0.25, 0.3) is 0 Å². The molecule has 1 aromatic carbocycles. The van der Waals surface area contributed by atoms with E-state index < -0.39 is 5.97 Å². The summed E-state index contributed by atoms with van der Waals surface area (Å²) in [5, 5.41) is 8.85. The second-order valence-electron chi connectivity index (χ2n) is 5.76. The van der Waals surface area contributed by atoms with E-state index >= 15 is 0 Å². The average Bonchev–Trinajstić information content (AvgIpc) is 2.35. The van der Waals surface area contributed by atoms with Crippen molar-refractivity contribution >= 4 is 11.9 Å². The lowest BCUT2D eigenvalue weighted by Crippen LogP contribution is -2.53. The van der Waals surface area contributed by atoms with Gasteiger partial charge in [-0.05, 0) is 45.0 Å². The SMILES string of the molecule is C[C@H]1CN(C(=O)c2ccc(C(=O)O)cc2)CC(C)(C)O1. The number of hydrogen-bond acceptors (Lipinski definition) is 3. The van der Waals surface area contributed by atoms with Gasteiger partial charge in [0.15, 0.2) is 0 Å². The highest BCUT2D eigenvalue weighted by atomic mass is 16.5. The van der Waals surface area contributed by atoms with Crippen molar-refractivity contribution in [3.05, 3.63) is 35.4 Å². The molecular formula is C15H19NO4. The summed E-state index contributed by atoms with van der Waals surface area (Å²) in [6, 6.07) is 6.01. The molecule has 5 heteroatoms. The maximum Gasteiger partial charge on any atom is 0.335 e. The molecule has 1 heterocycles. The van der Waals surface area contributed by atoms with E-state index in [0.717, 1.165) is 0 Å². The van der Waals surface area contributed by atoms with Crippen LogP contribution in [0, 0.1) is 0 Å². The van der Waals surface area contributed by atoms with Gasteiger partial charge in [-0.25, -0.2) is 4.79 Å². The standard InChI is InChI=1S/C15H19NO4/c1-10-8-16(9-15(2,3)20-10)13(17)11-4-6-12(7-5-11)14(18)19/h4-7,10H,8-9H2,1-3H3,(H,18,19)/t10-/m0/s1. The summed E-state index contributed by atoms with van der Waals surface area (Å²) in [7, 11) is 0. The number of carbonyl (C=O) groups excluding carboxylic acids is 1. The number of nitrogens with zero attached hydrogens (tertiary/aromatic N) is 1. The fourth-order valence-electron chi connectivity index (χ4n) is 2.55. The first-order valence-corrected chi connectivity index (χ1v) is 6.59. The van der Waals surface area contributed by atoms with Gasteiger partial charge in [0, 0.05) is 18.7 Å². The van der Waals surface area contributed by atoms with Gasteiger partial charge in [0.05, 0.1) is 17.3 Å². The number of benzene rings is 1. The zero-order valence-electron chi connectivity index (χ0n) is 11.9. The monoisotopic (exact) mass is 277 g/mol. The molecule has 1 N–H and O–H groups in total. The lowest BCUT2D eigenvalue weighted by molar-refractivity contribution is -0.118. The summed E-state index contributed by atoms with van der Waals surface area (Å²) in [6.07, 6.45) is -0.0130. The van der Waals surface area contributed by atoms with Gasteiger partial charge in [-0.1, -0.05) is 0 Å². The summed E-state index contributed by atoms with van der Waals surface area (Å²) in [5.74, 6) is -1.09. The third-order valence-electron chi connectivity index (χ3n) is 3.24. The van der Waals surface area contributed by atoms with E-state index in [1.807, 2.05) is 20.8 Å². The average molecular weight is 277 g/mol. The van der Waals surface area contributed by atoms with Crippen LogP contribution in [0.15, 0.2) is 24.3 Å². The highest BCUT2D eigenvalue weighted by Gasteiger charge is 2.33. The lowest BCUT2D eigenvalue weighted by Gasteiger charge is -2.41. The molecule has 1 aliphatic rings. The molecule has 5 nitrogen and oxygen atoms in total. The minimum absolute atomic E-state index is 0.0130. The van der Waals surface area contributed by atoms with E-state index in [1.54, 1.807) is 17.0 Å². The smallest absolute Gasteiger partial charge is 0.335 e. The molecule has 0 saturated carbocycles. The number of morpholine rings is 1. The van der Waals surface area contributed by atoms with Crippen molar-refractivity contribution in [3.8, 4) is 0 Å². The van der Waals surface area contributed by atoms with Gasteiger partial charge in [0.1, 0.15) is 0 Å². The first kappa shape index (κ1) is 14.5. The number of aromatic carboxylic acids is 1. The molecular weight excluding hydrogens is 258 g/mol. The Morgan fingerprint density at radius 3 is 2.30 bits per heavy atom. The summed E-state index contributed by atoms with van der Waals surface area (Å²) >= 11 is 0. The Balaban J connectivity index is 2.16. The molecule has 1 atom stereocenters. The Bertz CT molecular complexity index is 521. The van der Waals surface area contributed by atoms with Gasteiger partial charge < -0.3 is 14.7 Å². The van der Waals surface area contributed by atoms with Gasteiger partial charge in [-0.2, -0.15) is 0 Å². The van der Waals surface area contributed by atoms with Crippen LogP contribution >= 0.6 is 0 Å². The number of hydrogen-bond donors (Lipinski definition) is 1. The van der Waals surface area contributed by atoms with Crippen LogP contribution < -0.4 is 0 Å². The van der Waals surface area contributed by atoms with Gasteiger partial charge in [0.25, 0.3) is 5.91 Å². The number of ether oxygens (including phenoxy) is 1. The zero-order valence-corrected chi connectivity index (χ0v) is 11.9. The molecule has 0 radical (unpaired) electrons. The molecule has 2 rings (SSSR count). The van der Waals surface area contributed by atoms with Crippen molar-refractivity contribution in [2.75, 3.05) is 13.1 Å². The van der Waals surface area contributed by atoms with Gasteiger partial charge in [-0.3, -0.25) is 4.79 Å². The number of amides is 1. The molecule has 0 aliphatic carbocycles. The van der Waals surface area contributed by atoms with Gasteiger partial charge in [-0.15, -0.1) is 0 Å². The number of rotatable bonds is 2. The Kier molecular flexibility index (Phi) is 3.81. The third kappa shape index (κ3) is 3.17. The van der Waals surface area contributed by atoms with Crippen LogP contribution in [-0.2, 0) is 4.74 Å². The first-order valence-electron chi connectivity index (χ1n) is 6.59. The second-order valence-corrected chi connectivity index (χ2v) is 5.76. The van der Waals surface area contributed by atoms with E-state index in [0.29, 0.717) is 18.7 Å². The predicted octanol–water partition coefficient (Wildman–Crippen LogP) is 2.02. The van der Waals surface area contributed by atoms with Crippen LogP contribution in [0.1, 0.15) is 41.5 Å². The molecule has 0 spiro atoms. The Morgan fingerprint density at radius 1 is 1.25 bits per heavy atom. The van der Waals surface area contributed by atoms with Gasteiger partial charge in [0.2, 0.25) is 0 Å². The van der Waals surface area contributed by atoms with Crippen LogP contribution in [-0.4, -0.2) is 46.7 Å². The molecule has 20 heavy (non-hydrogen) atoms. The van der Waals surface area contributed by atoms with Crippen LogP contribution in [0.2, 0.25) is 0 Å². The van der Waals surface area contributed by atoms with E-state index in [4.69, 9.17) is 9.84 Å². The molecule has 1 aliphatic heterocycles. The highest BCUT2D eigenvalue weighted by Crippen LogP contribution is 2.22. The number of carboxylic acid groups (broad SMARTS) is 1. The maximum absolute atomic E-state index is 12.4. The normalized spacial score (nSPS) is 21.6. The van der Waals surface area contributed by atoms with E-state index in [9.17, 15) is 9.59 Å². The Labute approximate surface area is 118 Å². The predicted molar refractivity (Wildman–Crippen MR) is 73.9 cm³/mol. The molecule has 0 bridgehead atoms. The van der Waals surface area contributed by atoms with E-state index in [1.165, 1.54) is 12.1 Å². The quantitative estimate of drug-likeness (QED) is 0.898. The summed E-state index contributed by atoms with van der Waals surface area (Å²) in [4.78, 5) is 25.0. The van der Waals surface area contributed by atoms with Crippen molar-refractivity contribution in [1.82, 2.24) is 4.90 Å². The minimum atomic E-state index is -0.995. The van der Waals surface area contributed by atoms with E-state index in [2.05, 4.69) is 0 Å². The summed E-state index contributed by atoms with van der Waals surface area (Å²) in [6.45, 7) is 6.92. The molecule has 108 valence electrons. The highest BCUT2D eigenvalue weighted by molar-refractivity contribution is 5.96. The maximum atomic E-state index is 12.4. The Morgan fingerprint density at radius 2 is 1.80 bits per heavy atom.